The van der Waals surface area contributed by atoms with Crippen LogP contribution in [0.3, 0.4) is 0 Å². The van der Waals surface area contributed by atoms with E-state index in [2.05, 4.69) is 13.8 Å². The van der Waals surface area contributed by atoms with E-state index in [1.54, 1.807) is 0 Å². The highest BCUT2D eigenvalue weighted by atomic mass is 16.3. The van der Waals surface area contributed by atoms with Crippen molar-refractivity contribution in [2.24, 2.45) is 5.92 Å². The van der Waals surface area contributed by atoms with Gasteiger partial charge >= 0.3 is 5.91 Å². The van der Waals surface area contributed by atoms with Gasteiger partial charge in [0, 0.05) is 0 Å². The van der Waals surface area contributed by atoms with Crippen molar-refractivity contribution in [2.45, 2.75) is 187 Å². The fraction of sp³-hybridized carbons (Fsp3) is 0.971. The largest absolute Gasteiger partial charge is 0.390 e. The van der Waals surface area contributed by atoms with Crippen LogP contribution in [0.1, 0.15) is 187 Å². The van der Waals surface area contributed by atoms with Crippen LogP contribution in [0.25, 0.3) is 0 Å². The number of aliphatic hydroxyl groups is 1. The molecule has 1 amide bonds. The molecule has 0 rings (SSSR count). The standard InChI is InChI=1S/C35H72NO2/c1-5-7-9-11-13-15-17-19-21-23-25-27-29-31-34(35(38)36(3,4)32-33-37)30-28-26-24-22-20-18-16-14-12-10-8-6-2/h34,37H,5-33H2,1-4H3/q+1. The van der Waals surface area contributed by atoms with Crippen molar-refractivity contribution in [1.29, 1.82) is 0 Å². The normalized spacial score (nSPS) is 12.8. The second-order valence-electron chi connectivity index (χ2n) is 12.9. The summed E-state index contributed by atoms with van der Waals surface area (Å²) in [6.07, 6.45) is 36.2. The number of hydrogen-bond acceptors (Lipinski definition) is 2. The van der Waals surface area contributed by atoms with Crippen LogP contribution in [-0.2, 0) is 4.79 Å². The molecule has 0 saturated heterocycles. The summed E-state index contributed by atoms with van der Waals surface area (Å²) < 4.78 is 0.331. The van der Waals surface area contributed by atoms with Gasteiger partial charge in [-0.2, -0.15) is 0 Å². The second kappa shape index (κ2) is 28.1. The first-order valence-electron chi connectivity index (χ1n) is 17.5. The lowest BCUT2D eigenvalue weighted by Gasteiger charge is -2.30. The predicted octanol–water partition coefficient (Wildman–Crippen LogP) is 10.8. The van der Waals surface area contributed by atoms with Crippen molar-refractivity contribution in [3.8, 4) is 0 Å². The molecule has 0 aliphatic heterocycles. The summed E-state index contributed by atoms with van der Waals surface area (Å²) >= 11 is 0. The van der Waals surface area contributed by atoms with Gasteiger partial charge in [-0.05, 0) is 12.8 Å². The number of carbonyl (C=O) groups is 1. The number of unbranched alkanes of at least 4 members (excludes halogenated alkanes) is 23. The number of likely N-dealkylation sites (N-methyl/N-ethyl adjacent to an activating group) is 1. The van der Waals surface area contributed by atoms with Crippen molar-refractivity contribution in [3.63, 3.8) is 0 Å². The van der Waals surface area contributed by atoms with Crippen LogP contribution in [0.2, 0.25) is 0 Å². The van der Waals surface area contributed by atoms with E-state index in [9.17, 15) is 9.90 Å². The van der Waals surface area contributed by atoms with Crippen LogP contribution < -0.4 is 0 Å². The summed E-state index contributed by atoms with van der Waals surface area (Å²) in [6, 6.07) is 0. The van der Waals surface area contributed by atoms with Gasteiger partial charge in [0.15, 0.2) is 0 Å². The van der Waals surface area contributed by atoms with Crippen molar-refractivity contribution in [2.75, 3.05) is 27.2 Å². The Balaban J connectivity index is 4.01. The van der Waals surface area contributed by atoms with Gasteiger partial charge in [0.25, 0.3) is 0 Å². The van der Waals surface area contributed by atoms with Crippen molar-refractivity contribution in [1.82, 2.24) is 0 Å². The third-order valence-corrected chi connectivity index (χ3v) is 8.67. The van der Waals surface area contributed by atoms with Crippen LogP contribution in [0.15, 0.2) is 0 Å². The van der Waals surface area contributed by atoms with Crippen LogP contribution in [-0.4, -0.2) is 42.7 Å². The maximum Gasteiger partial charge on any atom is 0.316 e. The van der Waals surface area contributed by atoms with Gasteiger partial charge in [-0.15, -0.1) is 0 Å². The first-order valence-corrected chi connectivity index (χ1v) is 17.5. The van der Waals surface area contributed by atoms with E-state index in [4.69, 9.17) is 0 Å². The van der Waals surface area contributed by atoms with Crippen LogP contribution >= 0.6 is 0 Å². The molecule has 0 radical (unpaired) electrons. The van der Waals surface area contributed by atoms with Gasteiger partial charge in [-0.1, -0.05) is 174 Å². The minimum absolute atomic E-state index is 0.0861. The second-order valence-corrected chi connectivity index (χ2v) is 12.9. The molecule has 0 spiro atoms. The number of rotatable bonds is 30. The van der Waals surface area contributed by atoms with E-state index in [0.717, 1.165) is 12.8 Å². The van der Waals surface area contributed by atoms with E-state index in [-0.39, 0.29) is 12.5 Å². The maximum atomic E-state index is 13.3. The van der Waals surface area contributed by atoms with Gasteiger partial charge in [-0.25, -0.2) is 4.79 Å². The molecule has 3 nitrogen and oxygen atoms in total. The Hall–Kier alpha value is -0.410. The minimum atomic E-state index is 0.0861. The quantitative estimate of drug-likeness (QED) is 0.0729. The molecule has 0 aliphatic rings. The fourth-order valence-corrected chi connectivity index (χ4v) is 5.89. The number of carbonyl (C=O) groups excluding carboxylic acids is 1. The molecule has 38 heavy (non-hydrogen) atoms. The molecule has 0 heterocycles. The number of aliphatic hydroxyl groups excluding tert-OH is 1. The Morgan fingerprint density at radius 2 is 0.763 bits per heavy atom. The highest BCUT2D eigenvalue weighted by Crippen LogP contribution is 2.23. The summed E-state index contributed by atoms with van der Waals surface area (Å²) in [7, 11) is 3.97. The average molecular weight is 539 g/mol. The molecular formula is C35H72NO2+. The number of nitrogens with zero attached hydrogens (tertiary/aromatic N) is 1. The van der Waals surface area contributed by atoms with Crippen LogP contribution in [0.5, 0.6) is 0 Å². The maximum absolute atomic E-state index is 13.3. The SMILES string of the molecule is CCCCCCCCCCCCCCCC(CCCCCCCCCCCCCC)C(=O)[N+](C)(C)CCO. The van der Waals surface area contributed by atoms with E-state index in [1.165, 1.54) is 161 Å². The highest BCUT2D eigenvalue weighted by molar-refractivity contribution is 5.71. The molecule has 228 valence electrons. The lowest BCUT2D eigenvalue weighted by molar-refractivity contribution is -0.816. The number of amides is 1. The molecule has 1 unspecified atom stereocenters. The molecule has 1 atom stereocenters. The molecule has 3 heteroatoms. The van der Waals surface area contributed by atoms with Crippen LogP contribution in [0, 0.1) is 5.92 Å². The highest BCUT2D eigenvalue weighted by Gasteiger charge is 2.33. The van der Waals surface area contributed by atoms with E-state index in [0.29, 0.717) is 16.9 Å². The average Bonchev–Trinajstić information content (AvgIpc) is 2.90. The van der Waals surface area contributed by atoms with Gasteiger partial charge in [0.2, 0.25) is 0 Å². The van der Waals surface area contributed by atoms with Gasteiger partial charge in [0.05, 0.1) is 26.6 Å². The summed E-state index contributed by atoms with van der Waals surface area (Å²) in [5.41, 5.74) is 0. The third kappa shape index (κ3) is 23.5. The predicted molar refractivity (Wildman–Crippen MR) is 169 cm³/mol. The zero-order valence-corrected chi connectivity index (χ0v) is 26.9. The summed E-state index contributed by atoms with van der Waals surface area (Å²) in [5, 5.41) is 9.45. The topological polar surface area (TPSA) is 37.3 Å². The summed E-state index contributed by atoms with van der Waals surface area (Å²) in [5.74, 6) is 0.522. The lowest BCUT2D eigenvalue weighted by Crippen LogP contribution is -2.50. The number of hydrogen-bond donors (Lipinski definition) is 1. The minimum Gasteiger partial charge on any atom is -0.390 e. The zero-order valence-electron chi connectivity index (χ0n) is 26.9. The van der Waals surface area contributed by atoms with Crippen molar-refractivity contribution >= 4 is 5.91 Å². The molecular weight excluding hydrogens is 466 g/mol. The van der Waals surface area contributed by atoms with E-state index >= 15 is 0 Å². The Bertz CT molecular complexity index is 490. The monoisotopic (exact) mass is 539 g/mol. The smallest absolute Gasteiger partial charge is 0.316 e. The zero-order chi connectivity index (χ0) is 28.2. The van der Waals surface area contributed by atoms with Crippen LogP contribution in [0.4, 0.5) is 0 Å². The van der Waals surface area contributed by atoms with Gasteiger partial charge < -0.3 is 5.11 Å². The first kappa shape index (κ1) is 37.6. The van der Waals surface area contributed by atoms with Crippen molar-refractivity contribution < 1.29 is 14.4 Å². The summed E-state index contributed by atoms with van der Waals surface area (Å²) in [6.45, 7) is 5.19. The molecule has 0 aliphatic carbocycles. The molecule has 0 aromatic heterocycles. The Morgan fingerprint density at radius 3 is 1.03 bits per heavy atom. The van der Waals surface area contributed by atoms with E-state index < -0.39 is 0 Å². The van der Waals surface area contributed by atoms with Gasteiger partial charge in [-0.3, -0.25) is 4.48 Å². The Kier molecular flexibility index (Phi) is 27.8. The molecule has 0 aromatic rings. The molecule has 0 aromatic carbocycles. The first-order chi connectivity index (χ1) is 18.5. The third-order valence-electron chi connectivity index (χ3n) is 8.67. The molecule has 1 N–H and O–H groups in total. The lowest BCUT2D eigenvalue weighted by atomic mass is 9.92. The van der Waals surface area contributed by atoms with Crippen molar-refractivity contribution in [3.05, 3.63) is 0 Å². The number of quaternary nitrogens is 1. The fourth-order valence-electron chi connectivity index (χ4n) is 5.89. The Labute approximate surface area is 240 Å². The molecule has 0 bridgehead atoms. The summed E-state index contributed by atoms with van der Waals surface area (Å²) in [4.78, 5) is 13.3. The Morgan fingerprint density at radius 1 is 0.500 bits per heavy atom. The van der Waals surface area contributed by atoms with Gasteiger partial charge in [0.1, 0.15) is 6.54 Å². The molecule has 0 fully saturated rings. The molecule has 0 saturated carbocycles. The van der Waals surface area contributed by atoms with E-state index in [1.807, 2.05) is 14.1 Å².